The van der Waals surface area contributed by atoms with Gasteiger partial charge in [-0.3, -0.25) is 0 Å². The van der Waals surface area contributed by atoms with Crippen LogP contribution in [0.2, 0.25) is 0 Å². The van der Waals surface area contributed by atoms with E-state index in [9.17, 15) is 14.7 Å². The summed E-state index contributed by atoms with van der Waals surface area (Å²) in [7, 11) is 3.83. The van der Waals surface area contributed by atoms with Crippen LogP contribution in [0.4, 0.5) is 4.79 Å². The maximum Gasteiger partial charge on any atom is 0.408 e. The summed E-state index contributed by atoms with van der Waals surface area (Å²) in [5.74, 6) is -1.07. The van der Waals surface area contributed by atoms with Crippen molar-refractivity contribution in [3.05, 3.63) is 35.9 Å². The van der Waals surface area contributed by atoms with Gasteiger partial charge < -0.3 is 20.1 Å². The number of rotatable bonds is 8. The van der Waals surface area contributed by atoms with Gasteiger partial charge >= 0.3 is 12.1 Å². The van der Waals surface area contributed by atoms with E-state index in [-0.39, 0.29) is 6.61 Å². The molecule has 1 rings (SSSR count). The van der Waals surface area contributed by atoms with Crippen LogP contribution in [-0.4, -0.2) is 48.2 Å². The third-order valence-electron chi connectivity index (χ3n) is 3.34. The maximum atomic E-state index is 11.8. The van der Waals surface area contributed by atoms with Gasteiger partial charge in [0.2, 0.25) is 0 Å². The van der Waals surface area contributed by atoms with Gasteiger partial charge in [0.1, 0.15) is 12.1 Å². The van der Waals surface area contributed by atoms with Crippen molar-refractivity contribution in [2.75, 3.05) is 20.6 Å². The minimum atomic E-state index is -1.33. The molecule has 0 heterocycles. The van der Waals surface area contributed by atoms with Gasteiger partial charge in [0.15, 0.2) is 0 Å². The molecule has 0 saturated carbocycles. The Labute approximate surface area is 131 Å². The molecule has 0 aromatic heterocycles. The average molecular weight is 308 g/mol. The Morgan fingerprint density at radius 3 is 2.45 bits per heavy atom. The predicted octanol–water partition coefficient (Wildman–Crippen LogP) is 2.10. The fourth-order valence-corrected chi connectivity index (χ4v) is 1.96. The smallest absolute Gasteiger partial charge is 0.408 e. The van der Waals surface area contributed by atoms with Crippen molar-refractivity contribution in [3.8, 4) is 0 Å². The molecule has 0 spiro atoms. The van der Waals surface area contributed by atoms with Gasteiger partial charge in [0.05, 0.1) is 0 Å². The van der Waals surface area contributed by atoms with E-state index in [0.717, 1.165) is 12.1 Å². The highest BCUT2D eigenvalue weighted by Crippen LogP contribution is 2.14. The van der Waals surface area contributed by atoms with Gasteiger partial charge in [-0.05, 0) is 46.0 Å². The molecule has 0 fully saturated rings. The first-order valence-electron chi connectivity index (χ1n) is 7.20. The Morgan fingerprint density at radius 2 is 1.91 bits per heavy atom. The van der Waals surface area contributed by atoms with Gasteiger partial charge in [-0.1, -0.05) is 30.3 Å². The number of hydrogen-bond acceptors (Lipinski definition) is 4. The van der Waals surface area contributed by atoms with Gasteiger partial charge in [0.25, 0.3) is 0 Å². The van der Waals surface area contributed by atoms with Gasteiger partial charge in [-0.15, -0.1) is 0 Å². The largest absolute Gasteiger partial charge is 0.480 e. The van der Waals surface area contributed by atoms with Crippen molar-refractivity contribution in [1.29, 1.82) is 0 Å². The molecule has 1 unspecified atom stereocenters. The maximum absolute atomic E-state index is 11.8. The van der Waals surface area contributed by atoms with Crippen LogP contribution >= 0.6 is 0 Å². The minimum absolute atomic E-state index is 0.111. The number of ether oxygens (including phenoxy) is 1. The molecule has 1 aromatic rings. The molecule has 0 aliphatic carbocycles. The summed E-state index contributed by atoms with van der Waals surface area (Å²) in [6, 6.07) is 9.23. The lowest BCUT2D eigenvalue weighted by Crippen LogP contribution is -2.52. The number of nitrogens with zero attached hydrogens (tertiary/aromatic N) is 1. The fourth-order valence-electron chi connectivity index (χ4n) is 1.96. The quantitative estimate of drug-likeness (QED) is 0.769. The van der Waals surface area contributed by atoms with Crippen LogP contribution in [-0.2, 0) is 16.1 Å². The SMILES string of the molecule is CN(C)CCCC(C)(NC(=O)OCc1ccccc1)C(=O)O. The van der Waals surface area contributed by atoms with E-state index in [0.29, 0.717) is 12.8 Å². The summed E-state index contributed by atoms with van der Waals surface area (Å²) in [5, 5.41) is 11.8. The third-order valence-corrected chi connectivity index (χ3v) is 3.34. The number of carbonyl (C=O) groups is 2. The van der Waals surface area contributed by atoms with Crippen molar-refractivity contribution in [2.24, 2.45) is 0 Å². The topological polar surface area (TPSA) is 78.9 Å². The van der Waals surface area contributed by atoms with Crippen LogP contribution < -0.4 is 5.32 Å². The van der Waals surface area contributed by atoms with Crippen LogP contribution in [0.15, 0.2) is 30.3 Å². The summed E-state index contributed by atoms with van der Waals surface area (Å²) in [5.41, 5.74) is -0.480. The normalized spacial score (nSPS) is 13.5. The molecular formula is C16H24N2O4. The highest BCUT2D eigenvalue weighted by atomic mass is 16.5. The Balaban J connectivity index is 2.51. The molecule has 2 N–H and O–H groups in total. The molecule has 1 amide bonds. The zero-order valence-corrected chi connectivity index (χ0v) is 13.3. The fraction of sp³-hybridized carbons (Fsp3) is 0.500. The first kappa shape index (κ1) is 18.0. The Morgan fingerprint density at radius 1 is 1.27 bits per heavy atom. The second-order valence-electron chi connectivity index (χ2n) is 5.73. The first-order chi connectivity index (χ1) is 10.3. The zero-order valence-electron chi connectivity index (χ0n) is 13.3. The minimum Gasteiger partial charge on any atom is -0.480 e. The molecule has 0 aliphatic heterocycles. The van der Waals surface area contributed by atoms with Crippen molar-refractivity contribution in [1.82, 2.24) is 10.2 Å². The van der Waals surface area contributed by atoms with Gasteiger partial charge in [-0.2, -0.15) is 0 Å². The van der Waals surface area contributed by atoms with Crippen LogP contribution in [0.5, 0.6) is 0 Å². The summed E-state index contributed by atoms with van der Waals surface area (Å²) in [6.07, 6.45) is 0.272. The third kappa shape index (κ3) is 6.13. The Bertz CT molecular complexity index is 490. The summed E-state index contributed by atoms with van der Waals surface area (Å²) < 4.78 is 5.08. The second kappa shape index (κ2) is 8.38. The van der Waals surface area contributed by atoms with E-state index in [1.54, 1.807) is 0 Å². The van der Waals surface area contributed by atoms with E-state index >= 15 is 0 Å². The average Bonchev–Trinajstić information content (AvgIpc) is 2.45. The number of aliphatic carboxylic acids is 1. The Hall–Kier alpha value is -2.08. The molecule has 0 aliphatic rings. The van der Waals surface area contributed by atoms with E-state index < -0.39 is 17.6 Å². The van der Waals surface area contributed by atoms with Crippen LogP contribution in [0.1, 0.15) is 25.3 Å². The number of hydrogen-bond donors (Lipinski definition) is 2. The predicted molar refractivity (Wildman–Crippen MR) is 83.6 cm³/mol. The molecule has 122 valence electrons. The molecule has 22 heavy (non-hydrogen) atoms. The zero-order chi connectivity index (χ0) is 16.6. The molecule has 1 aromatic carbocycles. The van der Waals surface area contributed by atoms with Crippen LogP contribution in [0.3, 0.4) is 0 Å². The summed E-state index contributed by atoms with van der Waals surface area (Å²) in [6.45, 7) is 2.36. The summed E-state index contributed by atoms with van der Waals surface area (Å²) >= 11 is 0. The number of alkyl carbamates (subject to hydrolysis) is 1. The van der Waals surface area contributed by atoms with Crippen molar-refractivity contribution in [2.45, 2.75) is 31.9 Å². The lowest BCUT2D eigenvalue weighted by molar-refractivity contribution is -0.144. The van der Waals surface area contributed by atoms with Crippen LogP contribution in [0, 0.1) is 0 Å². The van der Waals surface area contributed by atoms with Gasteiger partial charge in [-0.25, -0.2) is 9.59 Å². The van der Waals surface area contributed by atoms with E-state index in [4.69, 9.17) is 4.74 Å². The molecule has 6 heteroatoms. The van der Waals surface area contributed by atoms with Crippen LogP contribution in [0.25, 0.3) is 0 Å². The number of amides is 1. The Kier molecular flexibility index (Phi) is 6.85. The molecule has 6 nitrogen and oxygen atoms in total. The molecule has 0 saturated heterocycles. The van der Waals surface area contributed by atoms with E-state index in [1.807, 2.05) is 49.3 Å². The number of carbonyl (C=O) groups excluding carboxylic acids is 1. The monoisotopic (exact) mass is 308 g/mol. The van der Waals surface area contributed by atoms with Crippen molar-refractivity contribution < 1.29 is 19.4 Å². The molecule has 0 radical (unpaired) electrons. The number of nitrogens with one attached hydrogen (secondary N) is 1. The number of benzene rings is 1. The number of carboxylic acids is 1. The first-order valence-corrected chi connectivity index (χ1v) is 7.20. The number of carboxylic acid groups (broad SMARTS) is 1. The van der Waals surface area contributed by atoms with Crippen molar-refractivity contribution >= 4 is 12.1 Å². The standard InChI is InChI=1S/C16H24N2O4/c1-16(14(19)20,10-7-11-18(2)3)17-15(21)22-12-13-8-5-4-6-9-13/h4-6,8-9H,7,10-12H2,1-3H3,(H,17,21)(H,19,20). The molecule has 0 bridgehead atoms. The highest BCUT2D eigenvalue weighted by Gasteiger charge is 2.34. The van der Waals surface area contributed by atoms with E-state index in [1.165, 1.54) is 6.92 Å². The lowest BCUT2D eigenvalue weighted by atomic mass is 9.96. The second-order valence-corrected chi connectivity index (χ2v) is 5.73. The summed E-state index contributed by atoms with van der Waals surface area (Å²) in [4.78, 5) is 25.2. The highest BCUT2D eigenvalue weighted by molar-refractivity contribution is 5.83. The molecule has 1 atom stereocenters. The van der Waals surface area contributed by atoms with Gasteiger partial charge in [0, 0.05) is 0 Å². The van der Waals surface area contributed by atoms with E-state index in [2.05, 4.69) is 5.32 Å². The lowest BCUT2D eigenvalue weighted by Gasteiger charge is -2.26. The van der Waals surface area contributed by atoms with Crippen molar-refractivity contribution in [3.63, 3.8) is 0 Å². The molecular weight excluding hydrogens is 284 g/mol.